The zero-order valence-corrected chi connectivity index (χ0v) is 18.6. The average molecular weight is 434 g/mol. The van der Waals surface area contributed by atoms with Gasteiger partial charge in [-0.1, -0.05) is 30.3 Å². The Hall–Kier alpha value is -3.41. The molecule has 0 spiro atoms. The number of carbonyl (C=O) groups is 2. The van der Waals surface area contributed by atoms with E-state index in [1.165, 1.54) is 0 Å². The molecular formula is C26H27NO5. The lowest BCUT2D eigenvalue weighted by Crippen LogP contribution is -2.37. The predicted molar refractivity (Wildman–Crippen MR) is 121 cm³/mol. The number of nitrogens with zero attached hydrogens (tertiary/aromatic N) is 1. The van der Waals surface area contributed by atoms with Gasteiger partial charge in [0.25, 0.3) is 0 Å². The first-order valence-electron chi connectivity index (χ1n) is 10.8. The zero-order valence-electron chi connectivity index (χ0n) is 18.6. The first-order valence-corrected chi connectivity index (χ1v) is 10.8. The number of ether oxygens (including phenoxy) is 3. The molecule has 0 bridgehead atoms. The first kappa shape index (κ1) is 21.8. The third kappa shape index (κ3) is 4.17. The molecule has 0 saturated heterocycles. The molecule has 2 aromatic rings. The van der Waals surface area contributed by atoms with Gasteiger partial charge in [-0.25, -0.2) is 0 Å². The molecule has 0 fully saturated rings. The van der Waals surface area contributed by atoms with E-state index in [4.69, 9.17) is 14.2 Å². The van der Waals surface area contributed by atoms with E-state index in [9.17, 15) is 9.59 Å². The van der Waals surface area contributed by atoms with Crippen molar-refractivity contribution in [1.29, 1.82) is 0 Å². The standard InChI is InChI=1S/C26H27NO5/c1-16-23(26(29)32-15-17-8-5-4-6-9-17)24(25-20(27-16)10-7-11-21(25)28)19-14-18(30-2)12-13-22(19)31-3/h4-6,8-9,12-14,23-24H,7,10-11,15H2,1-3H3/t23?,24-/m1/s1. The molecule has 1 aliphatic heterocycles. The van der Waals surface area contributed by atoms with Crippen LogP contribution < -0.4 is 9.47 Å². The Kier molecular flexibility index (Phi) is 6.40. The summed E-state index contributed by atoms with van der Waals surface area (Å²) >= 11 is 0. The van der Waals surface area contributed by atoms with Crippen LogP contribution in [-0.4, -0.2) is 31.7 Å². The van der Waals surface area contributed by atoms with Gasteiger partial charge in [-0.15, -0.1) is 0 Å². The maximum atomic E-state index is 13.4. The second kappa shape index (κ2) is 9.39. The van der Waals surface area contributed by atoms with Crippen molar-refractivity contribution in [2.75, 3.05) is 14.2 Å². The number of ketones is 1. The fraction of sp³-hybridized carbons (Fsp3) is 0.346. The van der Waals surface area contributed by atoms with Crippen molar-refractivity contribution < 1.29 is 23.8 Å². The lowest BCUT2D eigenvalue weighted by atomic mass is 9.71. The number of Topliss-reactive ketones (excluding diaryl/α,β-unsaturated/α-hetero) is 1. The molecule has 1 unspecified atom stereocenters. The highest BCUT2D eigenvalue weighted by atomic mass is 16.5. The number of methoxy groups -OCH3 is 2. The first-order chi connectivity index (χ1) is 15.5. The van der Waals surface area contributed by atoms with Gasteiger partial charge in [-0.05, 0) is 43.5 Å². The highest BCUT2D eigenvalue weighted by molar-refractivity contribution is 6.09. The minimum Gasteiger partial charge on any atom is -0.497 e. The molecule has 1 heterocycles. The molecular weight excluding hydrogens is 406 g/mol. The maximum Gasteiger partial charge on any atom is 0.315 e. The Balaban J connectivity index is 1.78. The second-order valence-corrected chi connectivity index (χ2v) is 8.05. The summed E-state index contributed by atoms with van der Waals surface area (Å²) in [6.07, 6.45) is 1.93. The van der Waals surface area contributed by atoms with E-state index in [1.54, 1.807) is 26.4 Å². The summed E-state index contributed by atoms with van der Waals surface area (Å²) in [5.74, 6) is -0.420. The van der Waals surface area contributed by atoms with E-state index in [2.05, 4.69) is 4.99 Å². The van der Waals surface area contributed by atoms with E-state index in [1.807, 2.05) is 43.3 Å². The normalized spacial score (nSPS) is 20.3. The van der Waals surface area contributed by atoms with E-state index in [-0.39, 0.29) is 12.4 Å². The Bertz CT molecular complexity index is 1090. The van der Waals surface area contributed by atoms with Crippen molar-refractivity contribution >= 4 is 17.5 Å². The van der Waals surface area contributed by atoms with Crippen LogP contribution in [0.15, 0.2) is 64.8 Å². The third-order valence-electron chi connectivity index (χ3n) is 6.08. The fourth-order valence-electron chi connectivity index (χ4n) is 4.55. The van der Waals surface area contributed by atoms with Crippen molar-refractivity contribution in [3.8, 4) is 11.5 Å². The lowest BCUT2D eigenvalue weighted by Gasteiger charge is -2.35. The van der Waals surface area contributed by atoms with E-state index in [0.717, 1.165) is 23.2 Å². The highest BCUT2D eigenvalue weighted by Crippen LogP contribution is 2.47. The summed E-state index contributed by atoms with van der Waals surface area (Å²) in [6, 6.07) is 15.0. The Morgan fingerprint density at radius 2 is 1.84 bits per heavy atom. The molecule has 0 N–H and O–H groups in total. The molecule has 0 aromatic heterocycles. The van der Waals surface area contributed by atoms with Crippen molar-refractivity contribution in [3.05, 3.63) is 70.9 Å². The second-order valence-electron chi connectivity index (χ2n) is 8.05. The summed E-state index contributed by atoms with van der Waals surface area (Å²) in [5, 5.41) is 0. The van der Waals surface area contributed by atoms with Crippen molar-refractivity contribution in [2.24, 2.45) is 10.9 Å². The summed E-state index contributed by atoms with van der Waals surface area (Å²) in [6.45, 7) is 1.99. The van der Waals surface area contributed by atoms with Gasteiger partial charge in [0.2, 0.25) is 0 Å². The largest absolute Gasteiger partial charge is 0.497 e. The van der Waals surface area contributed by atoms with Crippen LogP contribution in [0.1, 0.15) is 43.2 Å². The minimum absolute atomic E-state index is 0.0261. The number of hydrogen-bond acceptors (Lipinski definition) is 6. The van der Waals surface area contributed by atoms with Crippen LogP contribution in [0.3, 0.4) is 0 Å². The molecule has 2 aromatic carbocycles. The van der Waals surface area contributed by atoms with Gasteiger partial charge in [-0.3, -0.25) is 14.6 Å². The molecule has 1 aliphatic carbocycles. The van der Waals surface area contributed by atoms with Crippen LogP contribution >= 0.6 is 0 Å². The van der Waals surface area contributed by atoms with Crippen molar-refractivity contribution in [3.63, 3.8) is 0 Å². The molecule has 2 aliphatic rings. The molecule has 32 heavy (non-hydrogen) atoms. The number of benzene rings is 2. The quantitative estimate of drug-likeness (QED) is 0.621. The molecule has 0 amide bonds. The monoisotopic (exact) mass is 433 g/mol. The topological polar surface area (TPSA) is 74.2 Å². The Morgan fingerprint density at radius 1 is 1.06 bits per heavy atom. The summed E-state index contributed by atoms with van der Waals surface area (Å²) in [5.41, 5.74) is 3.63. The van der Waals surface area contributed by atoms with Crippen LogP contribution in [0.2, 0.25) is 0 Å². The van der Waals surface area contributed by atoms with Gasteiger partial charge in [0.15, 0.2) is 5.78 Å². The van der Waals surface area contributed by atoms with Crippen molar-refractivity contribution in [1.82, 2.24) is 0 Å². The average Bonchev–Trinajstić information content (AvgIpc) is 2.82. The molecule has 6 heteroatoms. The Labute approximate surface area is 187 Å². The van der Waals surface area contributed by atoms with Gasteiger partial charge in [-0.2, -0.15) is 0 Å². The predicted octanol–water partition coefficient (Wildman–Crippen LogP) is 4.63. The zero-order chi connectivity index (χ0) is 22.7. The lowest BCUT2D eigenvalue weighted by molar-refractivity contribution is -0.148. The van der Waals surface area contributed by atoms with Gasteiger partial charge in [0.05, 0.1) is 14.2 Å². The van der Waals surface area contributed by atoms with Gasteiger partial charge in [0, 0.05) is 34.9 Å². The summed E-state index contributed by atoms with van der Waals surface area (Å²) in [7, 11) is 3.16. The molecule has 4 rings (SSSR count). The highest BCUT2D eigenvalue weighted by Gasteiger charge is 2.44. The van der Waals surface area contributed by atoms with Crippen LogP contribution in [0.25, 0.3) is 0 Å². The van der Waals surface area contributed by atoms with Gasteiger partial charge in [0.1, 0.15) is 24.0 Å². The molecule has 166 valence electrons. The number of rotatable bonds is 6. The summed E-state index contributed by atoms with van der Waals surface area (Å²) in [4.78, 5) is 31.1. The van der Waals surface area contributed by atoms with Crippen LogP contribution in [-0.2, 0) is 20.9 Å². The van der Waals surface area contributed by atoms with Crippen LogP contribution in [0.4, 0.5) is 0 Å². The Morgan fingerprint density at radius 3 is 2.56 bits per heavy atom. The SMILES string of the molecule is COc1ccc(OC)c([C@H]2C3=C(CCCC3=O)N=C(C)C2C(=O)OCc2ccccc2)c1. The van der Waals surface area contributed by atoms with E-state index in [0.29, 0.717) is 35.6 Å². The number of carbonyl (C=O) groups excluding carboxylic acids is 2. The number of hydrogen-bond donors (Lipinski definition) is 0. The molecule has 2 atom stereocenters. The van der Waals surface area contributed by atoms with E-state index < -0.39 is 17.8 Å². The van der Waals surface area contributed by atoms with Crippen molar-refractivity contribution in [2.45, 2.75) is 38.7 Å². The van der Waals surface area contributed by atoms with E-state index >= 15 is 0 Å². The molecule has 0 saturated carbocycles. The fourth-order valence-corrected chi connectivity index (χ4v) is 4.55. The third-order valence-corrected chi connectivity index (χ3v) is 6.08. The van der Waals surface area contributed by atoms with Gasteiger partial charge < -0.3 is 14.2 Å². The molecule has 6 nitrogen and oxygen atoms in total. The smallest absolute Gasteiger partial charge is 0.315 e. The van der Waals surface area contributed by atoms with Crippen LogP contribution in [0, 0.1) is 5.92 Å². The van der Waals surface area contributed by atoms with Gasteiger partial charge >= 0.3 is 5.97 Å². The number of allylic oxidation sites excluding steroid dienone is 2. The minimum atomic E-state index is -0.722. The van der Waals surface area contributed by atoms with Crippen LogP contribution in [0.5, 0.6) is 11.5 Å². The summed E-state index contributed by atoms with van der Waals surface area (Å²) < 4.78 is 16.8. The molecule has 0 radical (unpaired) electrons. The number of aliphatic imine (C=N–C) groups is 1. The maximum absolute atomic E-state index is 13.4. The number of esters is 1.